The van der Waals surface area contributed by atoms with Gasteiger partial charge in [-0.1, -0.05) is 44.0 Å². The molecule has 28 heavy (non-hydrogen) atoms. The van der Waals surface area contributed by atoms with Crippen LogP contribution in [0.5, 0.6) is 5.75 Å². The summed E-state index contributed by atoms with van der Waals surface area (Å²) in [5.41, 5.74) is 2.62. The molecule has 4 nitrogen and oxygen atoms in total. The lowest BCUT2D eigenvalue weighted by Gasteiger charge is -2.10. The fourth-order valence-electron chi connectivity index (χ4n) is 2.40. The number of nitrogens with zero attached hydrogens (tertiary/aromatic N) is 1. The molecule has 0 spiro atoms. The van der Waals surface area contributed by atoms with Crippen LogP contribution < -0.4 is 10.1 Å². The quantitative estimate of drug-likeness (QED) is 0.469. The average Bonchev–Trinajstić information content (AvgIpc) is 3.18. The highest BCUT2D eigenvalue weighted by Crippen LogP contribution is 2.32. The first kappa shape index (κ1) is 22.2. The van der Waals surface area contributed by atoms with Crippen molar-refractivity contribution < 1.29 is 9.53 Å². The van der Waals surface area contributed by atoms with Crippen molar-refractivity contribution >= 4 is 46.1 Å². The number of methoxy groups -OCH3 is 1. The Morgan fingerprint density at radius 3 is 2.46 bits per heavy atom. The summed E-state index contributed by atoms with van der Waals surface area (Å²) in [6, 6.07) is 10.2. The monoisotopic (exact) mass is 436 g/mol. The van der Waals surface area contributed by atoms with E-state index in [0.717, 1.165) is 22.7 Å². The second-order valence-corrected chi connectivity index (χ2v) is 7.23. The first-order chi connectivity index (χ1) is 13.5. The third kappa shape index (κ3) is 5.25. The molecule has 0 atom stereocenters. The SMILES string of the molecule is CC.CCc1nc(-c2ccc(NC(=O)c3ccc(OC)cc3Cl)cc2Cl)cs1. The molecule has 1 N–H and O–H groups in total. The van der Waals surface area contributed by atoms with Crippen molar-refractivity contribution in [3.63, 3.8) is 0 Å². The molecule has 1 amide bonds. The summed E-state index contributed by atoms with van der Waals surface area (Å²) in [5.74, 6) is 0.275. The lowest BCUT2D eigenvalue weighted by atomic mass is 10.1. The molecule has 1 heterocycles. The Labute approximate surface area is 179 Å². The van der Waals surface area contributed by atoms with E-state index in [0.29, 0.717) is 27.0 Å². The molecule has 3 aromatic rings. The number of aryl methyl sites for hydroxylation is 1. The molecule has 0 bridgehead atoms. The van der Waals surface area contributed by atoms with E-state index in [4.69, 9.17) is 27.9 Å². The zero-order chi connectivity index (χ0) is 20.7. The molecule has 148 valence electrons. The summed E-state index contributed by atoms with van der Waals surface area (Å²) >= 11 is 14.1. The molecule has 0 aliphatic carbocycles. The molecule has 0 saturated heterocycles. The number of thiazole rings is 1. The smallest absolute Gasteiger partial charge is 0.257 e. The van der Waals surface area contributed by atoms with Crippen LogP contribution in [0.3, 0.4) is 0 Å². The maximum absolute atomic E-state index is 12.5. The van der Waals surface area contributed by atoms with Crippen LogP contribution in [0.1, 0.15) is 36.1 Å². The number of hydrogen-bond donors (Lipinski definition) is 1. The Morgan fingerprint density at radius 2 is 1.89 bits per heavy atom. The van der Waals surface area contributed by atoms with Gasteiger partial charge in [0.05, 0.1) is 33.4 Å². The number of halogens is 2. The fourth-order valence-corrected chi connectivity index (χ4v) is 3.68. The van der Waals surface area contributed by atoms with Gasteiger partial charge in [0.1, 0.15) is 5.75 Å². The van der Waals surface area contributed by atoms with Gasteiger partial charge in [-0.05, 0) is 42.8 Å². The molecule has 0 fully saturated rings. The number of amides is 1. The highest BCUT2D eigenvalue weighted by Gasteiger charge is 2.13. The third-order valence-electron chi connectivity index (χ3n) is 3.78. The van der Waals surface area contributed by atoms with E-state index in [1.165, 1.54) is 0 Å². The molecule has 0 saturated carbocycles. The van der Waals surface area contributed by atoms with Crippen LogP contribution in [0.15, 0.2) is 41.8 Å². The van der Waals surface area contributed by atoms with Crippen LogP contribution in [-0.2, 0) is 6.42 Å². The standard InChI is InChI=1S/C19H16Cl2N2O2S.C2H6/c1-3-18-23-17(10-26-18)13-6-4-11(8-15(13)20)22-19(24)14-7-5-12(25-2)9-16(14)21;1-2/h4-10H,3H2,1-2H3,(H,22,24);1-2H3. The summed E-state index contributed by atoms with van der Waals surface area (Å²) in [6.45, 7) is 6.06. The number of nitrogens with one attached hydrogen (secondary N) is 1. The number of ether oxygens (including phenoxy) is 1. The van der Waals surface area contributed by atoms with E-state index in [2.05, 4.69) is 17.2 Å². The number of carbonyl (C=O) groups excluding carboxylic acids is 1. The van der Waals surface area contributed by atoms with Crippen LogP contribution >= 0.6 is 34.5 Å². The predicted molar refractivity (Wildman–Crippen MR) is 119 cm³/mol. The molecule has 2 aromatic carbocycles. The van der Waals surface area contributed by atoms with Gasteiger partial charge < -0.3 is 10.1 Å². The van der Waals surface area contributed by atoms with Crippen molar-refractivity contribution in [2.45, 2.75) is 27.2 Å². The second-order valence-electron chi connectivity index (χ2n) is 5.47. The first-order valence-corrected chi connectivity index (χ1v) is 10.5. The predicted octanol–water partition coefficient (Wildman–Crippen LogP) is 6.97. The van der Waals surface area contributed by atoms with Gasteiger partial charge in [-0.25, -0.2) is 4.98 Å². The Balaban J connectivity index is 0.00000136. The van der Waals surface area contributed by atoms with Gasteiger partial charge in [-0.15, -0.1) is 11.3 Å². The topological polar surface area (TPSA) is 51.2 Å². The zero-order valence-corrected chi connectivity index (χ0v) is 18.5. The van der Waals surface area contributed by atoms with Gasteiger partial charge in [-0.3, -0.25) is 4.79 Å². The van der Waals surface area contributed by atoms with Crippen molar-refractivity contribution in [2.24, 2.45) is 0 Å². The van der Waals surface area contributed by atoms with Crippen molar-refractivity contribution in [1.82, 2.24) is 4.98 Å². The Hall–Kier alpha value is -2.08. The molecular formula is C21H22Cl2N2O2S. The summed E-state index contributed by atoms with van der Waals surface area (Å²) < 4.78 is 5.09. The molecule has 1 aromatic heterocycles. The van der Waals surface area contributed by atoms with E-state index in [1.54, 1.807) is 48.8 Å². The number of carbonyl (C=O) groups is 1. The van der Waals surface area contributed by atoms with E-state index in [1.807, 2.05) is 25.3 Å². The maximum atomic E-state index is 12.5. The molecule has 0 radical (unpaired) electrons. The van der Waals surface area contributed by atoms with E-state index < -0.39 is 0 Å². The largest absolute Gasteiger partial charge is 0.497 e. The normalized spacial score (nSPS) is 10.1. The molecular weight excluding hydrogens is 415 g/mol. The van der Waals surface area contributed by atoms with Gasteiger partial charge in [0.2, 0.25) is 0 Å². The van der Waals surface area contributed by atoms with Crippen molar-refractivity contribution in [2.75, 3.05) is 12.4 Å². The zero-order valence-electron chi connectivity index (χ0n) is 16.2. The molecule has 7 heteroatoms. The minimum Gasteiger partial charge on any atom is -0.497 e. The van der Waals surface area contributed by atoms with Crippen LogP contribution in [0.2, 0.25) is 10.0 Å². The van der Waals surface area contributed by atoms with Crippen LogP contribution in [-0.4, -0.2) is 18.0 Å². The minimum atomic E-state index is -0.316. The minimum absolute atomic E-state index is 0.316. The molecule has 0 unspecified atom stereocenters. The molecule has 3 rings (SSSR count). The third-order valence-corrected chi connectivity index (χ3v) is 5.40. The second kappa shape index (κ2) is 10.5. The number of benzene rings is 2. The summed E-state index contributed by atoms with van der Waals surface area (Å²) in [4.78, 5) is 17.0. The van der Waals surface area contributed by atoms with Gasteiger partial charge in [-0.2, -0.15) is 0 Å². The Morgan fingerprint density at radius 1 is 1.14 bits per heavy atom. The Kier molecular flexibility index (Phi) is 8.30. The fraction of sp³-hybridized carbons (Fsp3) is 0.238. The number of anilines is 1. The van der Waals surface area contributed by atoms with Crippen LogP contribution in [0.25, 0.3) is 11.3 Å². The number of rotatable bonds is 5. The van der Waals surface area contributed by atoms with E-state index in [-0.39, 0.29) is 5.91 Å². The average molecular weight is 437 g/mol. The molecule has 0 aliphatic rings. The first-order valence-electron chi connectivity index (χ1n) is 8.91. The molecule has 0 aliphatic heterocycles. The van der Waals surface area contributed by atoms with Crippen molar-refractivity contribution in [3.8, 4) is 17.0 Å². The van der Waals surface area contributed by atoms with Crippen molar-refractivity contribution in [1.29, 1.82) is 0 Å². The van der Waals surface area contributed by atoms with E-state index >= 15 is 0 Å². The summed E-state index contributed by atoms with van der Waals surface area (Å²) in [6.07, 6.45) is 0.888. The van der Waals surface area contributed by atoms with Gasteiger partial charge in [0.15, 0.2) is 0 Å². The maximum Gasteiger partial charge on any atom is 0.257 e. The summed E-state index contributed by atoms with van der Waals surface area (Å²) in [5, 5.41) is 6.69. The summed E-state index contributed by atoms with van der Waals surface area (Å²) in [7, 11) is 1.54. The highest BCUT2D eigenvalue weighted by molar-refractivity contribution is 7.09. The Bertz CT molecular complexity index is 957. The van der Waals surface area contributed by atoms with Gasteiger partial charge in [0.25, 0.3) is 5.91 Å². The van der Waals surface area contributed by atoms with Crippen LogP contribution in [0.4, 0.5) is 5.69 Å². The highest BCUT2D eigenvalue weighted by atomic mass is 35.5. The van der Waals surface area contributed by atoms with Crippen molar-refractivity contribution in [3.05, 3.63) is 62.4 Å². The number of aromatic nitrogens is 1. The lowest BCUT2D eigenvalue weighted by Crippen LogP contribution is -2.12. The van der Waals surface area contributed by atoms with Crippen LogP contribution in [0, 0.1) is 0 Å². The number of hydrogen-bond acceptors (Lipinski definition) is 4. The van der Waals surface area contributed by atoms with Gasteiger partial charge >= 0.3 is 0 Å². The van der Waals surface area contributed by atoms with E-state index in [9.17, 15) is 4.79 Å². The van der Waals surface area contributed by atoms with Gasteiger partial charge in [0, 0.05) is 16.6 Å². The lowest BCUT2D eigenvalue weighted by molar-refractivity contribution is 0.102.